The van der Waals surface area contributed by atoms with E-state index in [0.29, 0.717) is 26.1 Å². The largest absolute Gasteiger partial charge is 0.365 e. The predicted molar refractivity (Wildman–Crippen MR) is 96.9 cm³/mol. The van der Waals surface area contributed by atoms with Crippen molar-refractivity contribution in [2.24, 2.45) is 0 Å². The normalized spacial score (nSPS) is 23.1. The summed E-state index contributed by atoms with van der Waals surface area (Å²) in [6.07, 6.45) is 0.634. The number of aromatic nitrogens is 2. The van der Waals surface area contributed by atoms with E-state index in [1.165, 1.54) is 0 Å². The quantitative estimate of drug-likeness (QED) is 0.848. The maximum atomic E-state index is 11.9. The summed E-state index contributed by atoms with van der Waals surface area (Å²) in [6.45, 7) is 9.39. The Labute approximate surface area is 149 Å². The lowest BCUT2D eigenvalue weighted by Crippen LogP contribution is -2.52. The molecule has 1 N–H and O–H groups in total. The summed E-state index contributed by atoms with van der Waals surface area (Å²) in [5.74, 6) is 0.427. The molecule has 9 heteroatoms. The first-order valence-electron chi connectivity index (χ1n) is 8.86. The number of sulfone groups is 1. The molecule has 1 aromatic rings. The number of carbonyl (C=O) groups is 1. The number of amides is 2. The Bertz CT molecular complexity index is 750. The maximum absolute atomic E-state index is 11.9. The Kier molecular flexibility index (Phi) is 4.95. The minimum absolute atomic E-state index is 0.0116. The molecule has 0 aromatic carbocycles. The molecule has 1 unspecified atom stereocenters. The second kappa shape index (κ2) is 6.86. The molecule has 3 heterocycles. The summed E-state index contributed by atoms with van der Waals surface area (Å²) < 4.78 is 25.4. The van der Waals surface area contributed by atoms with Crippen molar-refractivity contribution in [2.45, 2.75) is 33.2 Å². The van der Waals surface area contributed by atoms with Crippen molar-refractivity contribution >= 4 is 21.6 Å². The van der Waals surface area contributed by atoms with Crippen molar-refractivity contribution in [3.8, 4) is 0 Å². The summed E-state index contributed by atoms with van der Waals surface area (Å²) in [7, 11) is -2.94. The third-order valence-electron chi connectivity index (χ3n) is 5.05. The average Bonchev–Trinajstić information content (AvgIpc) is 3.07. The van der Waals surface area contributed by atoms with Crippen LogP contribution in [-0.2, 0) is 9.84 Å². The van der Waals surface area contributed by atoms with Crippen LogP contribution in [0, 0.1) is 13.8 Å². The number of hydrogen-bond donors (Lipinski definition) is 1. The van der Waals surface area contributed by atoms with E-state index in [-0.39, 0.29) is 23.6 Å². The van der Waals surface area contributed by atoms with E-state index in [9.17, 15) is 13.2 Å². The van der Waals surface area contributed by atoms with E-state index < -0.39 is 9.84 Å². The molecular formula is C16H27N5O3S. The lowest BCUT2D eigenvalue weighted by atomic mass is 10.2. The van der Waals surface area contributed by atoms with Gasteiger partial charge in [-0.2, -0.15) is 5.10 Å². The third kappa shape index (κ3) is 3.61. The van der Waals surface area contributed by atoms with Crippen molar-refractivity contribution in [3.63, 3.8) is 0 Å². The average molecular weight is 369 g/mol. The van der Waals surface area contributed by atoms with E-state index in [2.05, 4.69) is 15.3 Å². The summed E-state index contributed by atoms with van der Waals surface area (Å²) in [5.41, 5.74) is 3.03. The predicted octanol–water partition coefficient (Wildman–Crippen LogP) is 0.711. The Hall–Kier alpha value is -1.77. The second-order valence-corrected chi connectivity index (χ2v) is 9.06. The van der Waals surface area contributed by atoms with Gasteiger partial charge in [-0.25, -0.2) is 13.2 Å². The van der Waals surface area contributed by atoms with Crippen LogP contribution >= 0.6 is 0 Å². The summed E-state index contributed by atoms with van der Waals surface area (Å²) in [4.78, 5) is 16.0. The highest BCUT2D eigenvalue weighted by Gasteiger charge is 2.33. The number of piperazine rings is 1. The van der Waals surface area contributed by atoms with E-state index in [4.69, 9.17) is 0 Å². The molecule has 2 aliphatic rings. The molecule has 3 rings (SSSR count). The lowest BCUT2D eigenvalue weighted by Gasteiger charge is -2.36. The van der Waals surface area contributed by atoms with Crippen LogP contribution in [0.15, 0.2) is 0 Å². The number of urea groups is 1. The van der Waals surface area contributed by atoms with Crippen LogP contribution in [0.2, 0.25) is 0 Å². The molecule has 1 atom stereocenters. The number of hydrogen-bond acceptors (Lipinski definition) is 5. The van der Waals surface area contributed by atoms with Gasteiger partial charge in [0.15, 0.2) is 9.84 Å². The van der Waals surface area contributed by atoms with Gasteiger partial charge < -0.3 is 15.1 Å². The topological polar surface area (TPSA) is 87.5 Å². The molecular weight excluding hydrogens is 342 g/mol. The summed E-state index contributed by atoms with van der Waals surface area (Å²) in [5, 5.41) is 7.47. The number of nitrogens with one attached hydrogen (secondary N) is 1. The molecule has 25 heavy (non-hydrogen) atoms. The molecule has 0 aliphatic carbocycles. The first-order valence-corrected chi connectivity index (χ1v) is 10.7. The fourth-order valence-corrected chi connectivity index (χ4v) is 5.52. The van der Waals surface area contributed by atoms with E-state index in [1.54, 1.807) is 0 Å². The van der Waals surface area contributed by atoms with E-state index in [1.807, 2.05) is 30.4 Å². The van der Waals surface area contributed by atoms with Crippen molar-refractivity contribution in [1.29, 1.82) is 0 Å². The Morgan fingerprint density at radius 2 is 1.92 bits per heavy atom. The minimum atomic E-state index is -2.94. The molecule has 0 spiro atoms. The number of rotatable bonds is 3. The van der Waals surface area contributed by atoms with Crippen LogP contribution in [0.3, 0.4) is 0 Å². The van der Waals surface area contributed by atoms with Crippen molar-refractivity contribution in [2.75, 3.05) is 49.1 Å². The van der Waals surface area contributed by atoms with Crippen LogP contribution in [0.4, 0.5) is 10.5 Å². The summed E-state index contributed by atoms with van der Waals surface area (Å²) >= 11 is 0. The van der Waals surface area contributed by atoms with Gasteiger partial charge in [0.2, 0.25) is 0 Å². The number of nitrogens with zero attached hydrogens (tertiary/aromatic N) is 4. The van der Waals surface area contributed by atoms with Gasteiger partial charge in [-0.05, 0) is 27.2 Å². The zero-order valence-corrected chi connectivity index (χ0v) is 16.0. The maximum Gasteiger partial charge on any atom is 0.317 e. The van der Waals surface area contributed by atoms with Crippen molar-refractivity contribution in [1.82, 2.24) is 20.0 Å². The number of aryl methyl sites for hydroxylation is 1. The highest BCUT2D eigenvalue weighted by atomic mass is 32.2. The molecule has 1 aromatic heterocycles. The SMILES string of the molecule is CCNC(=O)N1CCN(c2c(C)nn(C3CCS(=O)(=O)C3)c2C)CC1. The minimum Gasteiger partial charge on any atom is -0.365 e. The van der Waals surface area contributed by atoms with Gasteiger partial charge in [0.05, 0.1) is 34.6 Å². The van der Waals surface area contributed by atoms with E-state index >= 15 is 0 Å². The van der Waals surface area contributed by atoms with Gasteiger partial charge >= 0.3 is 6.03 Å². The summed E-state index contributed by atoms with van der Waals surface area (Å²) in [6, 6.07) is -0.0727. The Morgan fingerprint density at radius 3 is 2.48 bits per heavy atom. The van der Waals surface area contributed by atoms with Crippen molar-refractivity contribution in [3.05, 3.63) is 11.4 Å². The van der Waals surface area contributed by atoms with Gasteiger partial charge in [-0.1, -0.05) is 0 Å². The van der Waals surface area contributed by atoms with Crippen LogP contribution < -0.4 is 10.2 Å². The fraction of sp³-hybridized carbons (Fsp3) is 0.750. The number of anilines is 1. The van der Waals surface area contributed by atoms with Crippen LogP contribution in [0.1, 0.15) is 30.8 Å². The first kappa shape index (κ1) is 18.0. The third-order valence-corrected chi connectivity index (χ3v) is 6.80. The molecule has 2 aliphatic heterocycles. The van der Waals surface area contributed by atoms with Gasteiger partial charge in [0.25, 0.3) is 0 Å². The van der Waals surface area contributed by atoms with Crippen molar-refractivity contribution < 1.29 is 13.2 Å². The molecule has 8 nitrogen and oxygen atoms in total. The van der Waals surface area contributed by atoms with Crippen LogP contribution in [-0.4, -0.2) is 73.4 Å². The fourth-order valence-electron chi connectivity index (χ4n) is 3.83. The second-order valence-electron chi connectivity index (χ2n) is 6.83. The number of carbonyl (C=O) groups excluding carboxylic acids is 1. The van der Waals surface area contributed by atoms with Crippen LogP contribution in [0.5, 0.6) is 0 Å². The molecule has 2 saturated heterocycles. The van der Waals surface area contributed by atoms with E-state index in [0.717, 1.165) is 30.2 Å². The van der Waals surface area contributed by atoms with Gasteiger partial charge in [-0.3, -0.25) is 4.68 Å². The van der Waals surface area contributed by atoms with Gasteiger partial charge in [0.1, 0.15) is 0 Å². The lowest BCUT2D eigenvalue weighted by molar-refractivity contribution is 0.195. The Morgan fingerprint density at radius 1 is 1.24 bits per heavy atom. The smallest absolute Gasteiger partial charge is 0.317 e. The van der Waals surface area contributed by atoms with Crippen LogP contribution in [0.25, 0.3) is 0 Å². The first-order chi connectivity index (χ1) is 11.8. The standard InChI is InChI=1S/C16H27N5O3S/c1-4-17-16(22)20-8-6-19(7-9-20)15-12(2)18-21(13(15)3)14-5-10-25(23,24)11-14/h14H,4-11H2,1-3H3,(H,17,22). The molecule has 140 valence electrons. The highest BCUT2D eigenvalue weighted by molar-refractivity contribution is 7.91. The zero-order chi connectivity index (χ0) is 18.2. The zero-order valence-electron chi connectivity index (χ0n) is 15.2. The molecule has 0 radical (unpaired) electrons. The monoisotopic (exact) mass is 369 g/mol. The Balaban J connectivity index is 1.73. The molecule has 2 amide bonds. The highest BCUT2D eigenvalue weighted by Crippen LogP contribution is 2.31. The van der Waals surface area contributed by atoms with Gasteiger partial charge in [-0.15, -0.1) is 0 Å². The molecule has 0 bridgehead atoms. The molecule has 0 saturated carbocycles. The molecule has 2 fully saturated rings. The van der Waals surface area contributed by atoms with Gasteiger partial charge in [0, 0.05) is 32.7 Å².